The van der Waals surface area contributed by atoms with Gasteiger partial charge in [0.1, 0.15) is 0 Å². The molecular formula is C20H42O. The third kappa shape index (κ3) is 13.4. The Morgan fingerprint density at radius 2 is 0.952 bits per heavy atom. The van der Waals surface area contributed by atoms with Gasteiger partial charge in [0.2, 0.25) is 0 Å². The van der Waals surface area contributed by atoms with Gasteiger partial charge >= 0.3 is 0 Å². The van der Waals surface area contributed by atoms with E-state index in [0.717, 1.165) is 13.2 Å². The topological polar surface area (TPSA) is 9.23 Å². The first kappa shape index (κ1) is 21.0. The summed E-state index contributed by atoms with van der Waals surface area (Å²) in [4.78, 5) is 0. The average molecular weight is 299 g/mol. The standard InChI is InChI=1S/C20H42O/c1-7-19(3,4)15-11-9-13-17-21-18-14-10-12-16-20(5,6)8-2/h7-18H2,1-6H3. The second kappa shape index (κ2) is 11.5. The predicted octanol–water partition coefficient (Wildman–Crippen LogP) is 7.00. The molecule has 0 radical (unpaired) electrons. The molecule has 0 N–H and O–H groups in total. The van der Waals surface area contributed by atoms with E-state index in [1.807, 2.05) is 0 Å². The SMILES string of the molecule is CCC(C)(C)CCCCCOCCCCCC(C)(C)CC. The molecule has 0 aromatic rings. The van der Waals surface area contributed by atoms with Gasteiger partial charge in [-0.15, -0.1) is 0 Å². The highest BCUT2D eigenvalue weighted by molar-refractivity contribution is 4.66. The van der Waals surface area contributed by atoms with Crippen molar-refractivity contribution < 1.29 is 4.74 Å². The Kier molecular flexibility index (Phi) is 11.5. The molecule has 0 amide bonds. The lowest BCUT2D eigenvalue weighted by atomic mass is 9.84. The van der Waals surface area contributed by atoms with Gasteiger partial charge in [0.15, 0.2) is 0 Å². The second-order valence-electron chi connectivity index (χ2n) is 8.27. The van der Waals surface area contributed by atoms with E-state index in [9.17, 15) is 0 Å². The Morgan fingerprint density at radius 1 is 0.571 bits per heavy atom. The number of hydrogen-bond donors (Lipinski definition) is 0. The molecule has 0 bridgehead atoms. The quantitative estimate of drug-likeness (QED) is 0.314. The van der Waals surface area contributed by atoms with Crippen LogP contribution in [-0.4, -0.2) is 13.2 Å². The van der Waals surface area contributed by atoms with Gasteiger partial charge < -0.3 is 4.74 Å². The van der Waals surface area contributed by atoms with E-state index in [1.54, 1.807) is 0 Å². The van der Waals surface area contributed by atoms with E-state index < -0.39 is 0 Å². The maximum atomic E-state index is 5.75. The molecule has 1 heteroatoms. The third-order valence-corrected chi connectivity index (χ3v) is 5.20. The molecule has 0 aromatic carbocycles. The van der Waals surface area contributed by atoms with Crippen molar-refractivity contribution in [2.45, 2.75) is 106 Å². The number of ether oxygens (including phenoxy) is 1. The number of hydrogen-bond acceptors (Lipinski definition) is 1. The highest BCUT2D eigenvalue weighted by Gasteiger charge is 2.14. The molecule has 0 atom stereocenters. The van der Waals surface area contributed by atoms with E-state index in [2.05, 4.69) is 41.5 Å². The molecule has 128 valence electrons. The fourth-order valence-electron chi connectivity index (χ4n) is 2.42. The zero-order valence-corrected chi connectivity index (χ0v) is 15.9. The fraction of sp³-hybridized carbons (Fsp3) is 1.00. The van der Waals surface area contributed by atoms with Crippen LogP contribution in [0.5, 0.6) is 0 Å². The largest absolute Gasteiger partial charge is 0.381 e. The van der Waals surface area contributed by atoms with Gasteiger partial charge in [-0.3, -0.25) is 0 Å². The summed E-state index contributed by atoms with van der Waals surface area (Å²) in [6.07, 6.45) is 13.1. The fourth-order valence-corrected chi connectivity index (χ4v) is 2.42. The summed E-state index contributed by atoms with van der Waals surface area (Å²) in [5.41, 5.74) is 1.07. The Bertz CT molecular complexity index is 206. The molecule has 0 saturated carbocycles. The van der Waals surface area contributed by atoms with Crippen molar-refractivity contribution in [1.82, 2.24) is 0 Å². The summed E-state index contributed by atoms with van der Waals surface area (Å²) in [5, 5.41) is 0. The molecule has 21 heavy (non-hydrogen) atoms. The first-order chi connectivity index (χ1) is 9.83. The van der Waals surface area contributed by atoms with Gasteiger partial charge in [0.05, 0.1) is 0 Å². The first-order valence-electron chi connectivity index (χ1n) is 9.41. The van der Waals surface area contributed by atoms with Gasteiger partial charge in [-0.1, -0.05) is 80.1 Å². The zero-order chi connectivity index (χ0) is 16.2. The van der Waals surface area contributed by atoms with Gasteiger partial charge in [-0.25, -0.2) is 0 Å². The van der Waals surface area contributed by atoms with E-state index in [-0.39, 0.29) is 0 Å². The summed E-state index contributed by atoms with van der Waals surface area (Å²) in [6.45, 7) is 16.0. The smallest absolute Gasteiger partial charge is 0.0466 e. The van der Waals surface area contributed by atoms with Crippen molar-refractivity contribution in [3.05, 3.63) is 0 Å². The van der Waals surface area contributed by atoms with Crippen LogP contribution in [-0.2, 0) is 4.74 Å². The molecule has 1 nitrogen and oxygen atoms in total. The zero-order valence-electron chi connectivity index (χ0n) is 15.9. The molecule has 0 aliphatic heterocycles. The van der Waals surface area contributed by atoms with Crippen molar-refractivity contribution in [1.29, 1.82) is 0 Å². The Morgan fingerprint density at radius 3 is 1.29 bits per heavy atom. The molecule has 0 aliphatic carbocycles. The molecule has 0 spiro atoms. The van der Waals surface area contributed by atoms with E-state index >= 15 is 0 Å². The van der Waals surface area contributed by atoms with Crippen LogP contribution >= 0.6 is 0 Å². The average Bonchev–Trinajstić information content (AvgIpc) is 2.44. The minimum Gasteiger partial charge on any atom is -0.381 e. The van der Waals surface area contributed by atoms with Crippen LogP contribution in [0.2, 0.25) is 0 Å². The number of rotatable bonds is 14. The van der Waals surface area contributed by atoms with Crippen LogP contribution in [0.15, 0.2) is 0 Å². The van der Waals surface area contributed by atoms with Crippen LogP contribution in [0.3, 0.4) is 0 Å². The summed E-state index contributed by atoms with van der Waals surface area (Å²) in [7, 11) is 0. The highest BCUT2D eigenvalue weighted by atomic mass is 16.5. The summed E-state index contributed by atoms with van der Waals surface area (Å²) >= 11 is 0. The van der Waals surface area contributed by atoms with E-state index in [4.69, 9.17) is 4.74 Å². The first-order valence-corrected chi connectivity index (χ1v) is 9.41. The molecule has 0 heterocycles. The highest BCUT2D eigenvalue weighted by Crippen LogP contribution is 2.27. The normalized spacial score (nSPS) is 12.9. The van der Waals surface area contributed by atoms with Crippen LogP contribution < -0.4 is 0 Å². The van der Waals surface area contributed by atoms with Crippen LogP contribution in [0.1, 0.15) is 106 Å². The Balaban J connectivity index is 3.23. The monoisotopic (exact) mass is 298 g/mol. The van der Waals surface area contributed by atoms with Gasteiger partial charge in [-0.05, 0) is 36.5 Å². The molecular weight excluding hydrogens is 256 g/mol. The second-order valence-corrected chi connectivity index (χ2v) is 8.27. The van der Waals surface area contributed by atoms with Crippen molar-refractivity contribution >= 4 is 0 Å². The van der Waals surface area contributed by atoms with E-state index in [0.29, 0.717) is 10.8 Å². The number of unbranched alkanes of at least 4 members (excludes halogenated alkanes) is 4. The lowest BCUT2D eigenvalue weighted by Crippen LogP contribution is -2.09. The molecule has 0 unspecified atom stereocenters. The van der Waals surface area contributed by atoms with Gasteiger partial charge in [0, 0.05) is 13.2 Å². The Hall–Kier alpha value is -0.0400. The summed E-state index contributed by atoms with van der Waals surface area (Å²) < 4.78 is 5.75. The van der Waals surface area contributed by atoms with Gasteiger partial charge in [0.25, 0.3) is 0 Å². The minimum absolute atomic E-state index is 0.535. The summed E-state index contributed by atoms with van der Waals surface area (Å²) in [5.74, 6) is 0. The van der Waals surface area contributed by atoms with Crippen molar-refractivity contribution in [3.63, 3.8) is 0 Å². The molecule has 0 rings (SSSR count). The van der Waals surface area contributed by atoms with Crippen LogP contribution in [0.4, 0.5) is 0 Å². The molecule has 0 aromatic heterocycles. The molecule has 0 saturated heterocycles. The summed E-state index contributed by atoms with van der Waals surface area (Å²) in [6, 6.07) is 0. The lowest BCUT2D eigenvalue weighted by molar-refractivity contribution is 0.124. The van der Waals surface area contributed by atoms with E-state index in [1.165, 1.54) is 64.2 Å². The van der Waals surface area contributed by atoms with Gasteiger partial charge in [-0.2, -0.15) is 0 Å². The lowest BCUT2D eigenvalue weighted by Gasteiger charge is -2.22. The molecule has 0 fully saturated rings. The van der Waals surface area contributed by atoms with Crippen molar-refractivity contribution in [2.75, 3.05) is 13.2 Å². The third-order valence-electron chi connectivity index (χ3n) is 5.20. The maximum absolute atomic E-state index is 5.75. The maximum Gasteiger partial charge on any atom is 0.0466 e. The van der Waals surface area contributed by atoms with Crippen molar-refractivity contribution in [2.24, 2.45) is 10.8 Å². The van der Waals surface area contributed by atoms with Crippen LogP contribution in [0.25, 0.3) is 0 Å². The van der Waals surface area contributed by atoms with Crippen molar-refractivity contribution in [3.8, 4) is 0 Å². The minimum atomic E-state index is 0.535. The van der Waals surface area contributed by atoms with Crippen LogP contribution in [0, 0.1) is 10.8 Å². The predicted molar refractivity (Wildman–Crippen MR) is 95.9 cm³/mol. The molecule has 0 aliphatic rings. The Labute approximate surface area is 135 Å².